The Balaban J connectivity index is 1.60. The molecule has 4 rings (SSSR count). The smallest absolute Gasteiger partial charge is 0.232 e. The Bertz CT molecular complexity index is 1010. The Hall–Kier alpha value is -2.54. The van der Waals surface area contributed by atoms with Crippen molar-refractivity contribution >= 4 is 27.5 Å². The summed E-state index contributed by atoms with van der Waals surface area (Å²) in [6, 6.07) is 10.5. The highest BCUT2D eigenvalue weighted by Crippen LogP contribution is 2.35. The predicted molar refractivity (Wildman–Crippen MR) is 103 cm³/mol. The molecule has 1 aromatic heterocycles. The zero-order valence-electron chi connectivity index (χ0n) is 14.9. The van der Waals surface area contributed by atoms with Gasteiger partial charge in [-0.2, -0.15) is 4.98 Å². The largest absolute Gasteiger partial charge is 0.339 e. The quantitative estimate of drug-likeness (QED) is 0.601. The van der Waals surface area contributed by atoms with E-state index in [2.05, 4.69) is 26.1 Å². The van der Waals surface area contributed by atoms with Crippen LogP contribution in [0.2, 0.25) is 0 Å². The van der Waals surface area contributed by atoms with Crippen molar-refractivity contribution in [2.75, 3.05) is 11.4 Å². The van der Waals surface area contributed by atoms with Crippen LogP contribution >= 0.6 is 15.9 Å². The van der Waals surface area contributed by atoms with Gasteiger partial charge in [-0.1, -0.05) is 23.4 Å². The van der Waals surface area contributed by atoms with Gasteiger partial charge in [-0.15, -0.1) is 0 Å². The van der Waals surface area contributed by atoms with E-state index in [1.165, 1.54) is 6.07 Å². The molecule has 1 unspecified atom stereocenters. The molecule has 1 saturated heterocycles. The van der Waals surface area contributed by atoms with Crippen LogP contribution in [0.1, 0.15) is 29.4 Å². The Morgan fingerprint density at radius 3 is 2.67 bits per heavy atom. The molecule has 1 aliphatic heterocycles. The Morgan fingerprint density at radius 1 is 1.22 bits per heavy atom. The molecule has 27 heavy (non-hydrogen) atoms. The lowest BCUT2D eigenvalue weighted by atomic mass is 10.1. The van der Waals surface area contributed by atoms with Crippen molar-refractivity contribution in [3.8, 4) is 11.4 Å². The van der Waals surface area contributed by atoms with Crippen LogP contribution in [0.4, 0.5) is 10.1 Å². The molecule has 5 nitrogen and oxygen atoms in total. The summed E-state index contributed by atoms with van der Waals surface area (Å²) in [6.07, 6.45) is 0.322. The van der Waals surface area contributed by atoms with Gasteiger partial charge in [0.25, 0.3) is 0 Å². The molecular formula is C20H17BrFN3O2. The second-order valence-electron chi connectivity index (χ2n) is 6.73. The first-order valence-corrected chi connectivity index (χ1v) is 9.39. The Morgan fingerprint density at radius 2 is 1.96 bits per heavy atom. The normalized spacial score (nSPS) is 17.0. The maximum absolute atomic E-state index is 13.4. The summed E-state index contributed by atoms with van der Waals surface area (Å²) in [5.74, 6) is 0.327. The summed E-state index contributed by atoms with van der Waals surface area (Å²) in [6.45, 7) is 4.50. The first-order chi connectivity index (χ1) is 12.9. The monoisotopic (exact) mass is 429 g/mol. The molecule has 2 heterocycles. The van der Waals surface area contributed by atoms with Crippen LogP contribution in [0, 0.1) is 19.7 Å². The van der Waals surface area contributed by atoms with E-state index in [4.69, 9.17) is 4.52 Å². The van der Waals surface area contributed by atoms with E-state index in [0.717, 1.165) is 16.8 Å². The third kappa shape index (κ3) is 3.27. The van der Waals surface area contributed by atoms with Gasteiger partial charge >= 0.3 is 0 Å². The fourth-order valence-corrected chi connectivity index (χ4v) is 3.85. The zero-order chi connectivity index (χ0) is 19.1. The number of carbonyl (C=O) groups excluding carboxylic acids is 1. The van der Waals surface area contributed by atoms with Gasteiger partial charge in [0.1, 0.15) is 5.82 Å². The van der Waals surface area contributed by atoms with Crippen LogP contribution in [-0.4, -0.2) is 22.6 Å². The van der Waals surface area contributed by atoms with Crippen LogP contribution in [-0.2, 0) is 4.79 Å². The van der Waals surface area contributed by atoms with Gasteiger partial charge in [0.15, 0.2) is 0 Å². The number of benzene rings is 2. The van der Waals surface area contributed by atoms with Crippen LogP contribution < -0.4 is 4.90 Å². The second kappa shape index (κ2) is 6.88. The van der Waals surface area contributed by atoms with Crippen LogP contribution in [0.3, 0.4) is 0 Å². The minimum absolute atomic E-state index is 0.0432. The van der Waals surface area contributed by atoms with Gasteiger partial charge in [-0.3, -0.25) is 4.79 Å². The van der Waals surface area contributed by atoms with Crippen LogP contribution in [0.5, 0.6) is 0 Å². The molecule has 1 amide bonds. The minimum Gasteiger partial charge on any atom is -0.339 e. The highest BCUT2D eigenvalue weighted by atomic mass is 79.9. The summed E-state index contributed by atoms with van der Waals surface area (Å²) >= 11 is 3.16. The van der Waals surface area contributed by atoms with Gasteiger partial charge in [0.2, 0.25) is 17.6 Å². The lowest BCUT2D eigenvalue weighted by Gasteiger charge is -2.21. The summed E-state index contributed by atoms with van der Waals surface area (Å²) in [7, 11) is 0. The highest BCUT2D eigenvalue weighted by Gasteiger charge is 2.36. The molecule has 2 aromatic carbocycles. The van der Waals surface area contributed by atoms with E-state index in [-0.39, 0.29) is 17.6 Å². The molecule has 0 saturated carbocycles. The number of aromatic nitrogens is 2. The summed E-state index contributed by atoms with van der Waals surface area (Å²) in [4.78, 5) is 18.9. The summed E-state index contributed by atoms with van der Waals surface area (Å²) in [5.41, 5.74) is 3.72. The number of hydrogen-bond donors (Lipinski definition) is 0. The summed E-state index contributed by atoms with van der Waals surface area (Å²) in [5, 5.41) is 4.00. The van der Waals surface area contributed by atoms with Crippen molar-refractivity contribution in [2.24, 2.45) is 0 Å². The standard InChI is InChI=1S/C20H17BrFN3O2/c1-11-4-3-5-12(2)18(11)25-10-14(9-17(25)26)20-23-19(24-27-20)13-6-7-16(22)15(21)8-13/h3-8,14H,9-10H2,1-2H3. The van der Waals surface area contributed by atoms with Gasteiger partial charge in [-0.25, -0.2) is 4.39 Å². The number of nitrogens with zero attached hydrogens (tertiary/aromatic N) is 3. The van der Waals surface area contributed by atoms with E-state index >= 15 is 0 Å². The minimum atomic E-state index is -0.354. The number of aryl methyl sites for hydroxylation is 2. The van der Waals surface area contributed by atoms with Gasteiger partial charge in [0.05, 0.1) is 10.4 Å². The van der Waals surface area contributed by atoms with E-state index < -0.39 is 0 Å². The van der Waals surface area contributed by atoms with Crippen molar-refractivity contribution < 1.29 is 13.7 Å². The van der Waals surface area contributed by atoms with Crippen molar-refractivity contribution in [2.45, 2.75) is 26.2 Å². The second-order valence-corrected chi connectivity index (χ2v) is 7.59. The molecule has 1 fully saturated rings. The topological polar surface area (TPSA) is 59.2 Å². The number of amides is 1. The first-order valence-electron chi connectivity index (χ1n) is 8.59. The molecule has 138 valence electrons. The molecule has 7 heteroatoms. The number of rotatable bonds is 3. The summed E-state index contributed by atoms with van der Waals surface area (Å²) < 4.78 is 19.2. The molecule has 0 radical (unpaired) electrons. The van der Waals surface area contributed by atoms with Crippen molar-refractivity contribution in [3.63, 3.8) is 0 Å². The van der Waals surface area contributed by atoms with E-state index in [1.807, 2.05) is 32.0 Å². The lowest BCUT2D eigenvalue weighted by Crippen LogP contribution is -2.26. The average Bonchev–Trinajstić information content (AvgIpc) is 3.25. The van der Waals surface area contributed by atoms with Gasteiger partial charge < -0.3 is 9.42 Å². The average molecular weight is 430 g/mol. The maximum atomic E-state index is 13.4. The molecule has 0 bridgehead atoms. The fourth-order valence-electron chi connectivity index (χ4n) is 3.47. The first kappa shape index (κ1) is 17.9. The Kier molecular flexibility index (Phi) is 4.55. The number of halogens is 2. The zero-order valence-corrected chi connectivity index (χ0v) is 16.5. The molecule has 0 aliphatic carbocycles. The number of carbonyl (C=O) groups is 1. The van der Waals surface area contributed by atoms with Crippen LogP contribution in [0.15, 0.2) is 45.4 Å². The van der Waals surface area contributed by atoms with Crippen molar-refractivity contribution in [1.82, 2.24) is 10.1 Å². The van der Waals surface area contributed by atoms with E-state index in [0.29, 0.717) is 34.7 Å². The Labute approximate surface area is 164 Å². The molecule has 1 atom stereocenters. The van der Waals surface area contributed by atoms with E-state index in [9.17, 15) is 9.18 Å². The third-order valence-electron chi connectivity index (χ3n) is 4.80. The molecule has 3 aromatic rings. The van der Waals surface area contributed by atoms with E-state index in [1.54, 1.807) is 17.0 Å². The molecular weight excluding hydrogens is 413 g/mol. The maximum Gasteiger partial charge on any atom is 0.232 e. The van der Waals surface area contributed by atoms with Crippen LogP contribution in [0.25, 0.3) is 11.4 Å². The predicted octanol–water partition coefficient (Wildman–Crippen LogP) is 4.78. The SMILES string of the molecule is Cc1cccc(C)c1N1CC(c2nc(-c3ccc(F)c(Br)c3)no2)CC1=O. The van der Waals surface area contributed by atoms with Gasteiger partial charge in [-0.05, 0) is 59.1 Å². The lowest BCUT2D eigenvalue weighted by molar-refractivity contribution is -0.117. The fraction of sp³-hybridized carbons (Fsp3) is 0.250. The highest BCUT2D eigenvalue weighted by molar-refractivity contribution is 9.10. The number of para-hydroxylation sites is 1. The van der Waals surface area contributed by atoms with Crippen molar-refractivity contribution in [1.29, 1.82) is 0 Å². The number of hydrogen-bond acceptors (Lipinski definition) is 4. The molecule has 0 spiro atoms. The van der Waals surface area contributed by atoms with Gasteiger partial charge in [0, 0.05) is 24.2 Å². The van der Waals surface area contributed by atoms with Crippen molar-refractivity contribution in [3.05, 3.63) is 63.7 Å². The molecule has 0 N–H and O–H groups in total. The molecule has 1 aliphatic rings. The number of anilines is 1. The third-order valence-corrected chi connectivity index (χ3v) is 5.41.